The second-order valence-corrected chi connectivity index (χ2v) is 4.71. The first-order valence-corrected chi connectivity index (χ1v) is 7.12. The van der Waals surface area contributed by atoms with Gasteiger partial charge in [0.25, 0.3) is 0 Å². The number of rotatable bonds is 4. The van der Waals surface area contributed by atoms with E-state index in [0.29, 0.717) is 11.1 Å². The molecule has 4 nitrogen and oxygen atoms in total. The van der Waals surface area contributed by atoms with Crippen LogP contribution < -0.4 is 0 Å². The molecule has 0 fully saturated rings. The molecule has 2 N–H and O–H groups in total. The van der Waals surface area contributed by atoms with Gasteiger partial charge in [0, 0.05) is 0 Å². The lowest BCUT2D eigenvalue weighted by molar-refractivity contribution is 0.0686. The number of hydrogen-bond donors (Lipinski definition) is 2. The first-order chi connectivity index (χ1) is 10.5. The fourth-order valence-corrected chi connectivity index (χ4v) is 1.77. The normalized spacial score (nSPS) is 9.13. The Kier molecular flexibility index (Phi) is 9.26. The van der Waals surface area contributed by atoms with Crippen LogP contribution in [0.4, 0.5) is 0 Å². The van der Waals surface area contributed by atoms with Gasteiger partial charge in [-0.2, -0.15) is 0 Å². The molecule has 0 saturated carbocycles. The van der Waals surface area contributed by atoms with Crippen molar-refractivity contribution in [1.29, 1.82) is 0 Å². The van der Waals surface area contributed by atoms with Gasteiger partial charge in [0.05, 0.1) is 11.1 Å². The summed E-state index contributed by atoms with van der Waals surface area (Å²) in [6, 6.07) is 13.9. The zero-order valence-electron chi connectivity index (χ0n) is 12.7. The van der Waals surface area contributed by atoms with Crippen molar-refractivity contribution >= 4 is 22.9 Å². The smallest absolute Gasteiger partial charge is 0.335 e. The molecule has 0 aliphatic rings. The Bertz CT molecular complexity index is 561. The van der Waals surface area contributed by atoms with Crippen molar-refractivity contribution in [2.24, 2.45) is 0 Å². The van der Waals surface area contributed by atoms with Gasteiger partial charge in [-0.15, -0.1) is 0 Å². The number of aryl methyl sites for hydroxylation is 2. The van der Waals surface area contributed by atoms with Gasteiger partial charge in [-0.25, -0.2) is 9.59 Å². The molecule has 0 radical (unpaired) electrons. The summed E-state index contributed by atoms with van der Waals surface area (Å²) in [4.78, 5) is 20.8. The molecule has 0 aliphatic heterocycles. The molecule has 0 amide bonds. The number of carboxylic acid groups (broad SMARTS) is 2. The molecule has 0 atom stereocenters. The van der Waals surface area contributed by atoms with Crippen molar-refractivity contribution in [2.45, 2.75) is 26.7 Å². The third-order valence-corrected chi connectivity index (χ3v) is 3.22. The van der Waals surface area contributed by atoms with Gasteiger partial charge in [-0.05, 0) is 59.2 Å². The number of benzene rings is 2. The second-order valence-electron chi connectivity index (χ2n) is 4.71. The van der Waals surface area contributed by atoms with Crippen LogP contribution in [0, 0.1) is 0 Å². The quantitative estimate of drug-likeness (QED) is 0.843. The molecule has 0 bridgehead atoms. The molecule has 0 heterocycles. The van der Waals surface area contributed by atoms with Crippen molar-refractivity contribution in [2.75, 3.05) is 0 Å². The van der Waals surface area contributed by atoms with Crippen LogP contribution in [0.2, 0.25) is 0 Å². The Balaban J connectivity index is 0.000000403. The van der Waals surface area contributed by atoms with E-state index in [1.807, 2.05) is 38.1 Å². The lowest BCUT2D eigenvalue weighted by atomic mass is 10.1. The first-order valence-electron chi connectivity index (χ1n) is 7.12. The van der Waals surface area contributed by atoms with Crippen LogP contribution >= 0.6 is 0 Å². The van der Waals surface area contributed by atoms with E-state index in [1.54, 1.807) is 24.3 Å². The third-order valence-electron chi connectivity index (χ3n) is 3.22. The average Bonchev–Trinajstić information content (AvgIpc) is 2.55. The summed E-state index contributed by atoms with van der Waals surface area (Å²) < 4.78 is 0. The molecule has 0 aliphatic carbocycles. The zero-order valence-corrected chi connectivity index (χ0v) is 12.7. The fourth-order valence-electron chi connectivity index (χ4n) is 1.77. The van der Waals surface area contributed by atoms with E-state index in [2.05, 4.69) is 0 Å². The monoisotopic (exact) mass is 332 g/mol. The van der Waals surface area contributed by atoms with E-state index in [9.17, 15) is 9.59 Å². The van der Waals surface area contributed by atoms with E-state index in [4.69, 9.17) is 10.2 Å². The van der Waals surface area contributed by atoms with Crippen molar-refractivity contribution in [3.63, 3.8) is 0 Å². The third kappa shape index (κ3) is 6.93. The highest BCUT2D eigenvalue weighted by Gasteiger charge is 2.00. The van der Waals surface area contributed by atoms with Crippen LogP contribution in [-0.4, -0.2) is 33.1 Å². The maximum absolute atomic E-state index is 10.4. The minimum absolute atomic E-state index is 0. The Labute approximate surface area is 140 Å². The maximum Gasteiger partial charge on any atom is 0.335 e. The molecule has 0 unspecified atom stereocenters. The first kappa shape index (κ1) is 20.6. The summed E-state index contributed by atoms with van der Waals surface area (Å²) in [7, 11) is 0. The van der Waals surface area contributed by atoms with Crippen LogP contribution in [0.25, 0.3) is 0 Å². The minimum atomic E-state index is -0.868. The molecule has 0 aromatic heterocycles. The van der Waals surface area contributed by atoms with E-state index in [1.165, 1.54) is 0 Å². The summed E-state index contributed by atoms with van der Waals surface area (Å²) in [5.74, 6) is -1.74. The largest absolute Gasteiger partial charge is 0.478 e. The molecule has 2 rings (SSSR count). The Hall–Kier alpha value is -2.40. The Morgan fingerprint density at radius 1 is 0.696 bits per heavy atom. The van der Waals surface area contributed by atoms with Crippen molar-refractivity contribution in [1.82, 2.24) is 0 Å². The standard InChI is InChI=1S/2C9H10O2.H4Si/c2*1-2-7-3-5-8(6-4-7)9(10)11;/h2*3-6H,2H2,1H3,(H,10,11);1H4. The molecule has 5 heteroatoms. The fraction of sp³-hybridized carbons (Fsp3) is 0.222. The second kappa shape index (κ2) is 10.3. The van der Waals surface area contributed by atoms with Gasteiger partial charge in [0.1, 0.15) is 0 Å². The summed E-state index contributed by atoms with van der Waals surface area (Å²) in [5.41, 5.74) is 3.02. The van der Waals surface area contributed by atoms with E-state index in [-0.39, 0.29) is 11.0 Å². The van der Waals surface area contributed by atoms with Gasteiger partial charge in [-0.1, -0.05) is 38.1 Å². The summed E-state index contributed by atoms with van der Waals surface area (Å²) in [5, 5.41) is 17.1. The number of carbonyl (C=O) groups is 2. The van der Waals surface area contributed by atoms with Gasteiger partial charge >= 0.3 is 11.9 Å². The molecule has 23 heavy (non-hydrogen) atoms. The topological polar surface area (TPSA) is 74.6 Å². The number of carboxylic acids is 2. The lowest BCUT2D eigenvalue weighted by Gasteiger charge is -1.96. The van der Waals surface area contributed by atoms with E-state index in [0.717, 1.165) is 24.0 Å². The predicted octanol–water partition coefficient (Wildman–Crippen LogP) is 2.44. The van der Waals surface area contributed by atoms with Gasteiger partial charge in [0.2, 0.25) is 0 Å². The van der Waals surface area contributed by atoms with Crippen LogP contribution in [0.15, 0.2) is 48.5 Å². The Morgan fingerprint density at radius 2 is 0.957 bits per heavy atom. The van der Waals surface area contributed by atoms with Gasteiger partial charge < -0.3 is 10.2 Å². The van der Waals surface area contributed by atoms with Crippen molar-refractivity contribution in [3.8, 4) is 0 Å². The number of hydrogen-bond acceptors (Lipinski definition) is 2. The summed E-state index contributed by atoms with van der Waals surface area (Å²) >= 11 is 0. The van der Waals surface area contributed by atoms with Crippen LogP contribution in [-0.2, 0) is 12.8 Å². The van der Waals surface area contributed by atoms with E-state index < -0.39 is 11.9 Å². The molecular weight excluding hydrogens is 308 g/mol. The molecule has 124 valence electrons. The molecule has 2 aromatic rings. The predicted molar refractivity (Wildman–Crippen MR) is 96.9 cm³/mol. The van der Waals surface area contributed by atoms with Crippen molar-refractivity contribution in [3.05, 3.63) is 70.8 Å². The summed E-state index contributed by atoms with van der Waals surface area (Å²) in [6.45, 7) is 4.07. The van der Waals surface area contributed by atoms with Crippen LogP contribution in [0.5, 0.6) is 0 Å². The molecule has 2 aromatic carbocycles. The maximum atomic E-state index is 10.4. The number of aromatic carboxylic acids is 2. The minimum Gasteiger partial charge on any atom is -0.478 e. The van der Waals surface area contributed by atoms with E-state index >= 15 is 0 Å². The van der Waals surface area contributed by atoms with Gasteiger partial charge in [0.15, 0.2) is 0 Å². The average molecular weight is 332 g/mol. The Morgan fingerprint density at radius 3 is 1.13 bits per heavy atom. The van der Waals surface area contributed by atoms with Crippen molar-refractivity contribution < 1.29 is 19.8 Å². The zero-order chi connectivity index (χ0) is 16.5. The van der Waals surface area contributed by atoms with Gasteiger partial charge in [-0.3, -0.25) is 0 Å². The highest BCUT2D eigenvalue weighted by molar-refractivity contribution is 5.87. The van der Waals surface area contributed by atoms with Crippen LogP contribution in [0.1, 0.15) is 45.7 Å². The highest BCUT2D eigenvalue weighted by Crippen LogP contribution is 2.05. The molecular formula is C18H24O4Si. The molecule has 0 spiro atoms. The van der Waals surface area contributed by atoms with Crippen LogP contribution in [0.3, 0.4) is 0 Å². The molecule has 0 saturated heterocycles. The highest BCUT2D eigenvalue weighted by atomic mass is 28.1. The summed E-state index contributed by atoms with van der Waals surface area (Å²) in [6.07, 6.45) is 1.89. The lowest BCUT2D eigenvalue weighted by Crippen LogP contribution is -1.95. The SMILES string of the molecule is CCc1ccc(C(=O)O)cc1.CCc1ccc(C(=O)O)cc1.[SiH4].